The van der Waals surface area contributed by atoms with Crippen molar-refractivity contribution < 1.29 is 89.8 Å². The monoisotopic (exact) mass is 574 g/mol. The summed E-state index contributed by atoms with van der Waals surface area (Å²) in [7, 11) is 0. The summed E-state index contributed by atoms with van der Waals surface area (Å²) >= 11 is 0. The molecule has 0 bridgehead atoms. The molecule has 0 aromatic heterocycles. The molecule has 3 rings (SSSR count). The molecule has 18 nitrogen and oxygen atoms in total. The fraction of sp³-hybridized carbons (Fsp3) is 0.905. The molecule has 226 valence electrons. The third kappa shape index (κ3) is 5.51. The van der Waals surface area contributed by atoms with Crippen molar-refractivity contribution in [2.45, 2.75) is 90.9 Å². The van der Waals surface area contributed by atoms with E-state index in [-0.39, 0.29) is 0 Å². The number of hydrogen-bond acceptors (Lipinski definition) is 17. The maximum Gasteiger partial charge on any atom is 0.317 e. The van der Waals surface area contributed by atoms with Crippen molar-refractivity contribution in [3.63, 3.8) is 0 Å². The van der Waals surface area contributed by atoms with Gasteiger partial charge in [0.2, 0.25) is 0 Å². The zero-order valence-corrected chi connectivity index (χ0v) is 20.3. The molecule has 0 saturated carbocycles. The van der Waals surface area contributed by atoms with E-state index in [1.165, 1.54) is 0 Å². The van der Waals surface area contributed by atoms with Gasteiger partial charge in [0.25, 0.3) is 0 Å². The number of aliphatic carboxylic acids is 1. The highest BCUT2D eigenvalue weighted by atomic mass is 16.6. The predicted molar refractivity (Wildman–Crippen MR) is 116 cm³/mol. The van der Waals surface area contributed by atoms with Gasteiger partial charge < -0.3 is 80.2 Å². The summed E-state index contributed by atoms with van der Waals surface area (Å²) in [5.74, 6) is -2.82. The van der Waals surface area contributed by atoms with Crippen LogP contribution in [0.25, 0.3) is 0 Å². The molecule has 3 fully saturated rings. The van der Waals surface area contributed by atoms with Crippen molar-refractivity contribution in [2.75, 3.05) is 26.4 Å². The number of carboxylic acid groups (broad SMARTS) is 1. The fourth-order valence-corrected chi connectivity index (χ4v) is 5.16. The largest absolute Gasteiger partial charge is 0.481 e. The first-order chi connectivity index (χ1) is 18.1. The molecule has 3 saturated heterocycles. The van der Waals surface area contributed by atoms with Gasteiger partial charge in [0, 0.05) is 0 Å². The van der Waals surface area contributed by atoms with E-state index in [2.05, 4.69) is 0 Å². The molecule has 18 heteroatoms. The van der Waals surface area contributed by atoms with Gasteiger partial charge in [0.15, 0.2) is 11.2 Å². The van der Waals surface area contributed by atoms with Crippen molar-refractivity contribution in [1.29, 1.82) is 0 Å². The lowest BCUT2D eigenvalue weighted by Crippen LogP contribution is -2.85. The third-order valence-corrected chi connectivity index (χ3v) is 7.41. The predicted octanol–water partition coefficient (Wildman–Crippen LogP) is -8.09. The lowest BCUT2D eigenvalue weighted by atomic mass is 9.64. The summed E-state index contributed by atoms with van der Waals surface area (Å²) in [5.41, 5.74) is -6.42. The van der Waals surface area contributed by atoms with E-state index in [0.717, 1.165) is 0 Å². The number of esters is 1. The zero-order valence-electron chi connectivity index (χ0n) is 20.3. The van der Waals surface area contributed by atoms with Gasteiger partial charge in [-0.25, -0.2) is 0 Å². The van der Waals surface area contributed by atoms with Crippen LogP contribution in [0.5, 0.6) is 0 Å². The minimum Gasteiger partial charge on any atom is -0.481 e. The van der Waals surface area contributed by atoms with Gasteiger partial charge in [-0.15, -0.1) is 0 Å². The average Bonchev–Trinajstić information content (AvgIpc) is 2.88. The number of carbonyl (C=O) groups excluding carboxylic acids is 1. The smallest absolute Gasteiger partial charge is 0.317 e. The average molecular weight is 574 g/mol. The number of carbonyl (C=O) groups is 2. The van der Waals surface area contributed by atoms with Gasteiger partial charge in [-0.3, -0.25) is 9.59 Å². The van der Waals surface area contributed by atoms with E-state index < -0.39 is 129 Å². The summed E-state index contributed by atoms with van der Waals surface area (Å²) in [5, 5.41) is 125. The van der Waals surface area contributed by atoms with Crippen LogP contribution in [0.15, 0.2) is 0 Å². The number of rotatable bonds is 8. The van der Waals surface area contributed by atoms with Gasteiger partial charge in [0.1, 0.15) is 86.3 Å². The van der Waals surface area contributed by atoms with Gasteiger partial charge in [0.05, 0.1) is 19.8 Å². The summed E-state index contributed by atoms with van der Waals surface area (Å²) in [4.78, 5) is 22.4. The lowest BCUT2D eigenvalue weighted by Gasteiger charge is -2.60. The van der Waals surface area contributed by atoms with E-state index >= 15 is 0 Å². The van der Waals surface area contributed by atoms with E-state index in [1.54, 1.807) is 0 Å². The highest BCUT2D eigenvalue weighted by Crippen LogP contribution is 2.46. The van der Waals surface area contributed by atoms with Gasteiger partial charge in [-0.05, 0) is 0 Å². The van der Waals surface area contributed by atoms with Crippen LogP contribution in [0.3, 0.4) is 0 Å². The molecule has 0 aromatic rings. The molecule has 0 unspecified atom stereocenters. The van der Waals surface area contributed by atoms with E-state index in [0.29, 0.717) is 0 Å². The maximum absolute atomic E-state index is 12.0. The molecular formula is C21H34O18. The number of aliphatic hydroxyl groups excluding tert-OH is 9. The van der Waals surface area contributed by atoms with Crippen molar-refractivity contribution >= 4 is 11.9 Å². The van der Waals surface area contributed by atoms with Crippen LogP contribution >= 0.6 is 0 Å². The Bertz CT molecular complexity index is 870. The molecule has 3 aliphatic rings. The molecule has 3 aliphatic heterocycles. The molecule has 0 spiro atoms. The van der Waals surface area contributed by atoms with E-state index in [9.17, 15) is 65.8 Å². The number of carboxylic acids is 1. The topological polar surface area (TPSA) is 314 Å². The highest BCUT2D eigenvalue weighted by molar-refractivity contribution is 5.90. The van der Waals surface area contributed by atoms with Gasteiger partial charge in [-0.1, -0.05) is 0 Å². The first-order valence-electron chi connectivity index (χ1n) is 11.9. The minimum atomic E-state index is -3.31. The SMILES string of the molecule is O=C(O)CC(=O)OC[C@H]1OC[C@@](O)([C@H]2O[C@@H](CO)[C@H](O)[C@@H](O)[C@@H]2O)[C@](O)([C@@H]2O[C@H](CO)[C@@H](O)[C@H](O)[C@H]2O)[C@@H]1O. The Morgan fingerprint density at radius 2 is 1.23 bits per heavy atom. The van der Waals surface area contributed by atoms with Crippen molar-refractivity contribution in [3.8, 4) is 0 Å². The quantitative estimate of drug-likeness (QED) is 0.0945. The molecule has 0 radical (unpaired) electrons. The van der Waals surface area contributed by atoms with E-state index in [4.69, 9.17) is 24.1 Å². The third-order valence-electron chi connectivity index (χ3n) is 7.41. The van der Waals surface area contributed by atoms with Gasteiger partial charge >= 0.3 is 11.9 Å². The number of ether oxygens (including phenoxy) is 4. The second kappa shape index (κ2) is 12.1. The van der Waals surface area contributed by atoms with Crippen LogP contribution in [-0.2, 0) is 28.5 Å². The van der Waals surface area contributed by atoms with Gasteiger partial charge in [-0.2, -0.15) is 0 Å². The Kier molecular flexibility index (Phi) is 9.89. The van der Waals surface area contributed by atoms with Crippen molar-refractivity contribution in [3.05, 3.63) is 0 Å². The zero-order chi connectivity index (χ0) is 29.4. The minimum absolute atomic E-state index is 0.919. The summed E-state index contributed by atoms with van der Waals surface area (Å²) in [6.45, 7) is -4.00. The van der Waals surface area contributed by atoms with Crippen molar-refractivity contribution in [1.82, 2.24) is 0 Å². The van der Waals surface area contributed by atoms with Crippen LogP contribution in [0.4, 0.5) is 0 Å². The molecule has 0 amide bonds. The Balaban J connectivity index is 2.05. The number of aliphatic hydroxyl groups is 11. The maximum atomic E-state index is 12.0. The first kappa shape index (κ1) is 31.9. The second-order valence-electron chi connectivity index (χ2n) is 9.80. The van der Waals surface area contributed by atoms with Crippen LogP contribution in [0.1, 0.15) is 6.42 Å². The molecule has 14 atom stereocenters. The molecule has 39 heavy (non-hydrogen) atoms. The molecular weight excluding hydrogens is 540 g/mol. The Morgan fingerprint density at radius 1 is 0.744 bits per heavy atom. The lowest BCUT2D eigenvalue weighted by molar-refractivity contribution is -0.391. The van der Waals surface area contributed by atoms with E-state index in [1.807, 2.05) is 0 Å². The van der Waals surface area contributed by atoms with Crippen LogP contribution in [0, 0.1) is 0 Å². The molecule has 3 heterocycles. The Morgan fingerprint density at radius 3 is 1.72 bits per heavy atom. The highest BCUT2D eigenvalue weighted by Gasteiger charge is 2.72. The standard InChI is InChI=1S/C21H34O18/c22-2-6-11(27)13(29)15(31)18(38-6)20(34)5-37-8(4-36-10(26)1-9(24)25)17(33)21(20,35)19-16(32)14(30)12(28)7(3-23)39-19/h6-8,11-19,22-23,27-35H,1-5H2,(H,24,25)/t6-,7+,8+,11-,12+,13+,14-,15-,16+,17+,18-,19+,20+,21+/m0/s1. The molecule has 12 N–H and O–H groups in total. The number of hydrogen-bond donors (Lipinski definition) is 12. The van der Waals surface area contributed by atoms with Crippen molar-refractivity contribution in [2.24, 2.45) is 0 Å². The Labute approximate surface area is 219 Å². The van der Waals surface area contributed by atoms with Crippen LogP contribution in [0.2, 0.25) is 0 Å². The normalized spacial score (nSPS) is 48.9. The summed E-state index contributed by atoms with van der Waals surface area (Å²) in [6, 6.07) is 0. The second-order valence-corrected chi connectivity index (χ2v) is 9.80. The van der Waals surface area contributed by atoms with Crippen LogP contribution < -0.4 is 0 Å². The first-order valence-corrected chi connectivity index (χ1v) is 11.9. The van der Waals surface area contributed by atoms with Crippen LogP contribution in [-0.4, -0.2) is 184 Å². The summed E-state index contributed by atoms with van der Waals surface area (Å²) < 4.78 is 20.8. The summed E-state index contributed by atoms with van der Waals surface area (Å²) in [6.07, 6.45) is -25.7. The Hall–Kier alpha value is -1.62. The fourth-order valence-electron chi connectivity index (χ4n) is 5.16. The molecule has 0 aliphatic carbocycles. The molecule has 0 aromatic carbocycles.